The van der Waals surface area contributed by atoms with Crippen molar-refractivity contribution < 1.29 is 0 Å². The summed E-state index contributed by atoms with van der Waals surface area (Å²) in [6.07, 6.45) is 6.91. The molecule has 0 saturated heterocycles. The van der Waals surface area contributed by atoms with Crippen molar-refractivity contribution in [3.05, 3.63) is 97.6 Å². The van der Waals surface area contributed by atoms with Crippen molar-refractivity contribution >= 4 is 43.6 Å². The summed E-state index contributed by atoms with van der Waals surface area (Å²) < 4.78 is 0. The first-order valence-electron chi connectivity index (χ1n) is 9.07. The molecule has 5 aromatic rings. The monoisotopic (exact) mass is 360 g/mol. The van der Waals surface area contributed by atoms with E-state index in [0.29, 0.717) is 0 Å². The third-order valence-electron chi connectivity index (χ3n) is 4.71. The molecule has 4 nitrogen and oxygen atoms in total. The lowest BCUT2D eigenvalue weighted by Crippen LogP contribution is -1.82. The summed E-state index contributed by atoms with van der Waals surface area (Å²) in [5.74, 6) is 0. The molecule has 0 saturated carbocycles. The molecule has 0 amide bonds. The van der Waals surface area contributed by atoms with Gasteiger partial charge in [-0.2, -0.15) is 0 Å². The van der Waals surface area contributed by atoms with Crippen molar-refractivity contribution in [1.82, 2.24) is 19.9 Å². The Morgan fingerprint density at radius 3 is 0.929 bits per heavy atom. The highest BCUT2D eigenvalue weighted by Crippen LogP contribution is 2.23. The predicted molar refractivity (Wildman–Crippen MR) is 114 cm³/mol. The summed E-state index contributed by atoms with van der Waals surface area (Å²) >= 11 is 0. The van der Waals surface area contributed by atoms with E-state index >= 15 is 0 Å². The minimum absolute atomic E-state index is 0.865. The summed E-state index contributed by atoms with van der Waals surface area (Å²) in [4.78, 5) is 18.5. The Labute approximate surface area is 161 Å². The van der Waals surface area contributed by atoms with Crippen LogP contribution in [0.25, 0.3) is 43.6 Å². The van der Waals surface area contributed by atoms with Crippen LogP contribution in [0.1, 0.15) is 0 Å². The summed E-state index contributed by atoms with van der Waals surface area (Å²) in [5.41, 5.74) is 3.46. The van der Waals surface area contributed by atoms with Gasteiger partial charge in [0, 0.05) is 35.6 Å². The quantitative estimate of drug-likeness (QED) is 0.362. The van der Waals surface area contributed by atoms with Crippen molar-refractivity contribution in [2.75, 3.05) is 0 Å². The van der Waals surface area contributed by atoms with Crippen LogP contribution < -0.4 is 0 Å². The molecule has 0 N–H and O–H groups in total. The lowest BCUT2D eigenvalue weighted by molar-refractivity contribution is 1.33. The van der Waals surface area contributed by atoms with Crippen LogP contribution in [0.15, 0.2) is 97.6 Å². The van der Waals surface area contributed by atoms with Crippen molar-refractivity contribution in [2.45, 2.75) is 0 Å². The summed E-state index contributed by atoms with van der Waals surface area (Å²) in [6, 6.07) is 24.2. The second-order valence-corrected chi connectivity index (χ2v) is 6.42. The average Bonchev–Trinajstić information content (AvgIpc) is 2.74. The van der Waals surface area contributed by atoms with E-state index in [-0.39, 0.29) is 0 Å². The average molecular weight is 360 g/mol. The van der Waals surface area contributed by atoms with Crippen LogP contribution in [-0.2, 0) is 0 Å². The highest BCUT2D eigenvalue weighted by molar-refractivity contribution is 6.06. The van der Waals surface area contributed by atoms with Crippen LogP contribution in [0.4, 0.5) is 0 Å². The third kappa shape index (κ3) is 2.91. The first-order chi connectivity index (χ1) is 13.9. The van der Waals surface area contributed by atoms with E-state index in [0.717, 1.165) is 43.6 Å². The van der Waals surface area contributed by atoms with E-state index in [4.69, 9.17) is 0 Å². The number of hydrogen-bond acceptors (Lipinski definition) is 4. The first-order valence-corrected chi connectivity index (χ1v) is 9.07. The van der Waals surface area contributed by atoms with E-state index in [9.17, 15) is 0 Å². The lowest BCUT2D eigenvalue weighted by atomic mass is 10.1. The van der Waals surface area contributed by atoms with Crippen molar-refractivity contribution in [3.8, 4) is 0 Å². The minimum atomic E-state index is 0.865. The molecular formula is C24H16N4. The maximum Gasteiger partial charge on any atom is 0.0730 e. The Balaban J connectivity index is 1.93. The van der Waals surface area contributed by atoms with Crippen molar-refractivity contribution in [1.29, 1.82) is 0 Å². The molecule has 0 aliphatic heterocycles. The van der Waals surface area contributed by atoms with Crippen molar-refractivity contribution in [3.63, 3.8) is 0 Å². The number of benzene rings is 4. The van der Waals surface area contributed by atoms with Gasteiger partial charge in [0.25, 0.3) is 0 Å². The Bertz CT molecular complexity index is 1210. The molecule has 1 aromatic heterocycles. The molecule has 0 bridgehead atoms. The predicted octanol–water partition coefficient (Wildman–Crippen LogP) is 5.57. The molecule has 0 atom stereocenters. The Kier molecular flexibility index (Phi) is 4.07. The Morgan fingerprint density at radius 2 is 0.643 bits per heavy atom. The molecule has 132 valence electrons. The van der Waals surface area contributed by atoms with Gasteiger partial charge >= 0.3 is 0 Å². The van der Waals surface area contributed by atoms with Gasteiger partial charge in [-0.3, -0.25) is 19.9 Å². The van der Waals surface area contributed by atoms with Gasteiger partial charge in [-0.15, -0.1) is 0 Å². The molecular weight excluding hydrogens is 344 g/mol. The van der Waals surface area contributed by atoms with Gasteiger partial charge in [0.2, 0.25) is 0 Å². The SMILES string of the molecule is c1cc2cccc3nccnc4cccc5cccc(nccnc(c1)c23)c54. The minimum Gasteiger partial charge on any atom is -0.255 e. The van der Waals surface area contributed by atoms with E-state index in [1.54, 1.807) is 24.8 Å². The normalized spacial score (nSPS) is 10.9. The fraction of sp³-hybridized carbons (Fsp3) is 0. The van der Waals surface area contributed by atoms with Gasteiger partial charge in [-0.1, -0.05) is 48.5 Å². The Morgan fingerprint density at radius 1 is 0.357 bits per heavy atom. The molecule has 4 heteroatoms. The molecule has 0 aliphatic rings. The number of nitrogens with zero attached hydrogens (tertiary/aromatic N) is 4. The van der Waals surface area contributed by atoms with Gasteiger partial charge in [-0.05, 0) is 35.0 Å². The van der Waals surface area contributed by atoms with Crippen LogP contribution in [0.5, 0.6) is 0 Å². The highest BCUT2D eigenvalue weighted by atomic mass is 14.7. The molecule has 0 fully saturated rings. The van der Waals surface area contributed by atoms with E-state index in [1.165, 1.54) is 0 Å². The number of rotatable bonds is 0. The second kappa shape index (κ2) is 7.00. The van der Waals surface area contributed by atoms with Gasteiger partial charge in [-0.25, -0.2) is 0 Å². The van der Waals surface area contributed by atoms with E-state index in [2.05, 4.69) is 44.2 Å². The molecule has 0 unspecified atom stereocenters. The van der Waals surface area contributed by atoms with Gasteiger partial charge < -0.3 is 0 Å². The first kappa shape index (κ1) is 16.3. The van der Waals surface area contributed by atoms with Gasteiger partial charge in [0.05, 0.1) is 22.1 Å². The lowest BCUT2D eigenvalue weighted by Gasteiger charge is -2.00. The molecule has 0 radical (unpaired) electrons. The van der Waals surface area contributed by atoms with Crippen molar-refractivity contribution in [2.24, 2.45) is 0 Å². The maximum atomic E-state index is 4.63. The third-order valence-corrected chi connectivity index (χ3v) is 4.71. The largest absolute Gasteiger partial charge is 0.255 e. The highest BCUT2D eigenvalue weighted by Gasteiger charge is 2.01. The molecule has 0 spiro atoms. The topological polar surface area (TPSA) is 51.6 Å². The second-order valence-electron chi connectivity index (χ2n) is 6.42. The summed E-state index contributed by atoms with van der Waals surface area (Å²) in [7, 11) is 0. The van der Waals surface area contributed by atoms with E-state index in [1.807, 2.05) is 48.5 Å². The number of hydrogen-bond donors (Lipinski definition) is 0. The molecule has 5 rings (SSSR count). The fourth-order valence-electron chi connectivity index (χ4n) is 3.49. The smallest absolute Gasteiger partial charge is 0.0730 e. The molecule has 4 aromatic carbocycles. The number of aromatic nitrogens is 4. The molecule has 1 heterocycles. The summed E-state index contributed by atoms with van der Waals surface area (Å²) in [5, 5.41) is 4.22. The zero-order valence-electron chi connectivity index (χ0n) is 15.0. The standard InChI is InChI=1S/C24H16N4/c1-5-17-6-2-10-20-23(17)19(9-1)25-13-14-27-21-11-3-7-18-8-4-12-22(24(18)21)28-16-15-26-20/h1-16H. The van der Waals surface area contributed by atoms with Crippen LogP contribution in [0.2, 0.25) is 0 Å². The fourth-order valence-corrected chi connectivity index (χ4v) is 3.49. The Hall–Kier alpha value is -3.92. The summed E-state index contributed by atoms with van der Waals surface area (Å²) in [6.45, 7) is 0. The van der Waals surface area contributed by atoms with Crippen LogP contribution in [-0.4, -0.2) is 19.9 Å². The zero-order valence-corrected chi connectivity index (χ0v) is 15.0. The van der Waals surface area contributed by atoms with Gasteiger partial charge in [0.15, 0.2) is 0 Å². The van der Waals surface area contributed by atoms with Crippen LogP contribution in [0.3, 0.4) is 0 Å². The zero-order chi connectivity index (χ0) is 18.8. The molecule has 0 aliphatic carbocycles. The maximum absolute atomic E-state index is 4.63. The van der Waals surface area contributed by atoms with Gasteiger partial charge in [0.1, 0.15) is 0 Å². The van der Waals surface area contributed by atoms with Crippen LogP contribution >= 0.6 is 0 Å². The van der Waals surface area contributed by atoms with E-state index < -0.39 is 0 Å². The van der Waals surface area contributed by atoms with Crippen LogP contribution in [0, 0.1) is 0 Å². The molecule has 28 heavy (non-hydrogen) atoms.